The summed E-state index contributed by atoms with van der Waals surface area (Å²) in [5, 5.41) is 32.8. The Labute approximate surface area is 125 Å². The Morgan fingerprint density at radius 3 is 2.76 bits per heavy atom. The minimum atomic E-state index is -0.565. The van der Waals surface area contributed by atoms with Crippen molar-refractivity contribution in [3.05, 3.63) is 62.7 Å². The molecule has 0 aliphatic carbocycles. The highest BCUT2D eigenvalue weighted by Crippen LogP contribution is 2.27. The lowest BCUT2D eigenvalue weighted by Gasteiger charge is -2.10. The number of aromatic hydroxyl groups is 1. The second-order valence-corrected chi connectivity index (χ2v) is 4.60. The molecule has 0 radical (unpaired) electrons. The number of non-ortho nitro benzene ring substituents is 1. The number of hydrogen-bond acceptors (Lipinski definition) is 5. The summed E-state index contributed by atoms with van der Waals surface area (Å²) in [4.78, 5) is 10.1. The molecule has 0 bridgehead atoms. The molecule has 106 valence electrons. The first-order valence-electron chi connectivity index (χ1n) is 5.91. The van der Waals surface area contributed by atoms with E-state index in [-0.39, 0.29) is 23.5 Å². The van der Waals surface area contributed by atoms with Crippen molar-refractivity contribution in [3.63, 3.8) is 0 Å². The van der Waals surface area contributed by atoms with E-state index in [4.69, 9.17) is 16.9 Å². The fraction of sp³-hybridized carbons (Fsp3) is 0.0714. The molecule has 2 aromatic carbocycles. The normalized spacial score (nSPS) is 9.90. The fourth-order valence-corrected chi connectivity index (χ4v) is 2.03. The molecule has 0 saturated carbocycles. The molecule has 0 amide bonds. The third-order valence-corrected chi connectivity index (χ3v) is 3.24. The first-order valence-corrected chi connectivity index (χ1v) is 6.29. The highest BCUT2D eigenvalue weighted by atomic mass is 35.5. The maximum atomic E-state index is 10.7. The summed E-state index contributed by atoms with van der Waals surface area (Å²) in [5.74, 6) is 0.0374. The van der Waals surface area contributed by atoms with Crippen LogP contribution in [0.5, 0.6) is 5.75 Å². The molecule has 0 atom stereocenters. The number of nitro groups is 1. The van der Waals surface area contributed by atoms with Gasteiger partial charge in [-0.3, -0.25) is 10.1 Å². The van der Waals surface area contributed by atoms with E-state index in [1.54, 1.807) is 12.1 Å². The third kappa shape index (κ3) is 3.22. The van der Waals surface area contributed by atoms with Crippen molar-refractivity contribution in [1.29, 1.82) is 5.26 Å². The van der Waals surface area contributed by atoms with E-state index in [2.05, 4.69) is 5.32 Å². The summed E-state index contributed by atoms with van der Waals surface area (Å²) in [7, 11) is 0. The summed E-state index contributed by atoms with van der Waals surface area (Å²) in [6, 6.07) is 10.6. The number of benzene rings is 2. The zero-order valence-corrected chi connectivity index (χ0v) is 11.5. The lowest BCUT2D eigenvalue weighted by Crippen LogP contribution is -2.03. The lowest BCUT2D eigenvalue weighted by molar-refractivity contribution is -0.384. The van der Waals surface area contributed by atoms with Crippen LogP contribution in [0, 0.1) is 21.4 Å². The van der Waals surface area contributed by atoms with Crippen LogP contribution >= 0.6 is 11.6 Å². The highest BCUT2D eigenvalue weighted by molar-refractivity contribution is 6.31. The molecule has 0 spiro atoms. The Kier molecular flexibility index (Phi) is 4.26. The summed E-state index contributed by atoms with van der Waals surface area (Å²) in [6.45, 7) is 0.192. The van der Waals surface area contributed by atoms with Crippen molar-refractivity contribution >= 4 is 23.0 Å². The van der Waals surface area contributed by atoms with E-state index < -0.39 is 4.92 Å². The number of phenolic OH excluding ortho intramolecular Hbond substituents is 1. The molecule has 0 aliphatic rings. The van der Waals surface area contributed by atoms with Crippen LogP contribution in [0.2, 0.25) is 5.02 Å². The van der Waals surface area contributed by atoms with Gasteiger partial charge in [0.1, 0.15) is 11.8 Å². The standard InChI is InChI=1S/C14H10ClN3O3/c15-12-2-1-3-14(19)11(12)8-17-13-5-4-10(18(20)21)6-9(13)7-16/h1-6,17,19H,8H2. The number of anilines is 1. The second kappa shape index (κ2) is 6.11. The number of phenols is 1. The van der Waals surface area contributed by atoms with Gasteiger partial charge in [-0.2, -0.15) is 5.26 Å². The summed E-state index contributed by atoms with van der Waals surface area (Å²) in [5.41, 5.74) is 0.914. The lowest BCUT2D eigenvalue weighted by atomic mass is 10.1. The summed E-state index contributed by atoms with van der Waals surface area (Å²) in [6.07, 6.45) is 0. The topological polar surface area (TPSA) is 99.2 Å². The van der Waals surface area contributed by atoms with E-state index in [1.165, 1.54) is 24.3 Å². The van der Waals surface area contributed by atoms with Gasteiger partial charge in [-0.05, 0) is 18.2 Å². The van der Waals surface area contributed by atoms with Gasteiger partial charge in [-0.1, -0.05) is 17.7 Å². The van der Waals surface area contributed by atoms with Crippen molar-refractivity contribution in [1.82, 2.24) is 0 Å². The van der Waals surface area contributed by atoms with Crippen LogP contribution in [-0.4, -0.2) is 10.0 Å². The van der Waals surface area contributed by atoms with Gasteiger partial charge in [-0.25, -0.2) is 0 Å². The van der Waals surface area contributed by atoms with Crippen LogP contribution < -0.4 is 5.32 Å². The summed E-state index contributed by atoms with van der Waals surface area (Å²) < 4.78 is 0. The first kappa shape index (κ1) is 14.6. The Bertz CT molecular complexity index is 720. The van der Waals surface area contributed by atoms with Gasteiger partial charge in [0.25, 0.3) is 5.69 Å². The molecule has 0 aliphatic heterocycles. The zero-order valence-electron chi connectivity index (χ0n) is 10.7. The molecule has 0 saturated heterocycles. The Hall–Kier alpha value is -2.78. The van der Waals surface area contributed by atoms with Gasteiger partial charge < -0.3 is 10.4 Å². The molecule has 21 heavy (non-hydrogen) atoms. The summed E-state index contributed by atoms with van der Waals surface area (Å²) >= 11 is 5.98. The predicted molar refractivity (Wildman–Crippen MR) is 78.3 cm³/mol. The molecule has 2 aromatic rings. The van der Waals surface area contributed by atoms with E-state index in [0.29, 0.717) is 16.3 Å². The Balaban J connectivity index is 2.25. The van der Waals surface area contributed by atoms with E-state index in [1.807, 2.05) is 6.07 Å². The molecule has 2 rings (SSSR count). The number of rotatable bonds is 4. The van der Waals surface area contributed by atoms with Crippen molar-refractivity contribution in [2.24, 2.45) is 0 Å². The number of halogens is 1. The Morgan fingerprint density at radius 2 is 2.14 bits per heavy atom. The number of nitriles is 1. The average Bonchev–Trinajstić information content (AvgIpc) is 2.46. The number of nitro benzene ring substituents is 1. The van der Waals surface area contributed by atoms with E-state index >= 15 is 0 Å². The van der Waals surface area contributed by atoms with Crippen molar-refractivity contribution in [2.75, 3.05) is 5.32 Å². The van der Waals surface area contributed by atoms with Crippen LogP contribution in [0.1, 0.15) is 11.1 Å². The molecule has 0 unspecified atom stereocenters. The van der Waals surface area contributed by atoms with E-state index in [9.17, 15) is 15.2 Å². The second-order valence-electron chi connectivity index (χ2n) is 4.19. The van der Waals surface area contributed by atoms with Crippen LogP contribution in [-0.2, 0) is 6.54 Å². The molecule has 0 fully saturated rings. The van der Waals surface area contributed by atoms with Gasteiger partial charge in [0.2, 0.25) is 0 Å². The molecule has 6 nitrogen and oxygen atoms in total. The largest absolute Gasteiger partial charge is 0.508 e. The number of nitrogens with one attached hydrogen (secondary N) is 1. The average molecular weight is 304 g/mol. The predicted octanol–water partition coefficient (Wildman–Crippen LogP) is 3.44. The van der Waals surface area contributed by atoms with Crippen LogP contribution in [0.3, 0.4) is 0 Å². The van der Waals surface area contributed by atoms with Crippen LogP contribution in [0.4, 0.5) is 11.4 Å². The molecule has 2 N–H and O–H groups in total. The van der Waals surface area contributed by atoms with Gasteiger partial charge in [0.05, 0.1) is 16.2 Å². The van der Waals surface area contributed by atoms with Crippen molar-refractivity contribution in [3.8, 4) is 11.8 Å². The fourth-order valence-electron chi connectivity index (χ4n) is 1.80. The minimum absolute atomic E-state index is 0.0374. The number of hydrogen-bond donors (Lipinski definition) is 2. The monoisotopic (exact) mass is 303 g/mol. The van der Waals surface area contributed by atoms with Gasteiger partial charge in [-0.15, -0.1) is 0 Å². The Morgan fingerprint density at radius 1 is 1.38 bits per heavy atom. The van der Waals surface area contributed by atoms with Gasteiger partial charge >= 0.3 is 0 Å². The minimum Gasteiger partial charge on any atom is -0.508 e. The quantitative estimate of drug-likeness (QED) is 0.666. The SMILES string of the molecule is N#Cc1cc([N+](=O)[O-])ccc1NCc1c(O)cccc1Cl. The first-order chi connectivity index (χ1) is 10.0. The van der Waals surface area contributed by atoms with Gasteiger partial charge in [0, 0.05) is 29.3 Å². The van der Waals surface area contributed by atoms with Crippen LogP contribution in [0.15, 0.2) is 36.4 Å². The number of nitrogens with zero attached hydrogens (tertiary/aromatic N) is 2. The smallest absolute Gasteiger partial charge is 0.270 e. The highest BCUT2D eigenvalue weighted by Gasteiger charge is 2.12. The van der Waals surface area contributed by atoms with Crippen LogP contribution in [0.25, 0.3) is 0 Å². The molecule has 0 aromatic heterocycles. The molecular weight excluding hydrogens is 294 g/mol. The van der Waals surface area contributed by atoms with Gasteiger partial charge in [0.15, 0.2) is 0 Å². The molecular formula is C14H10ClN3O3. The van der Waals surface area contributed by atoms with E-state index in [0.717, 1.165) is 0 Å². The zero-order chi connectivity index (χ0) is 15.4. The maximum absolute atomic E-state index is 10.7. The third-order valence-electron chi connectivity index (χ3n) is 2.88. The maximum Gasteiger partial charge on any atom is 0.270 e. The molecule has 7 heteroatoms. The van der Waals surface area contributed by atoms with Crippen molar-refractivity contribution < 1.29 is 10.0 Å². The van der Waals surface area contributed by atoms with Crippen molar-refractivity contribution in [2.45, 2.75) is 6.54 Å². The molecule has 0 heterocycles.